The van der Waals surface area contributed by atoms with Gasteiger partial charge in [-0.3, -0.25) is 9.59 Å². The van der Waals surface area contributed by atoms with Crippen LogP contribution in [0.15, 0.2) is 60.8 Å². The molecule has 0 aliphatic carbocycles. The van der Waals surface area contributed by atoms with Gasteiger partial charge in [0.25, 0.3) is 5.91 Å². The molecule has 1 fully saturated rings. The van der Waals surface area contributed by atoms with Crippen LogP contribution in [0.25, 0.3) is 5.69 Å². The number of para-hydroxylation sites is 1. The van der Waals surface area contributed by atoms with Gasteiger partial charge in [-0.05, 0) is 43.4 Å². The van der Waals surface area contributed by atoms with E-state index in [2.05, 4.69) is 10.4 Å². The van der Waals surface area contributed by atoms with Crippen LogP contribution < -0.4 is 5.32 Å². The fourth-order valence-corrected chi connectivity index (χ4v) is 4.74. The summed E-state index contributed by atoms with van der Waals surface area (Å²) in [7, 11) is 0. The Morgan fingerprint density at radius 3 is 2.31 bits per heavy atom. The second-order valence-corrected chi connectivity index (χ2v) is 9.05. The van der Waals surface area contributed by atoms with Crippen LogP contribution in [0.4, 0.5) is 13.2 Å². The van der Waals surface area contributed by atoms with E-state index in [1.54, 1.807) is 30.0 Å². The Morgan fingerprint density at radius 2 is 1.69 bits per heavy atom. The highest BCUT2D eigenvalue weighted by atomic mass is 19.4. The van der Waals surface area contributed by atoms with Crippen molar-refractivity contribution >= 4 is 11.8 Å². The standard InChI is InChI=1S/C27H29F3N4O2/c1-3-21(19-10-5-4-6-11-19)26(36)33-15-13-20(14-16-33)32-25(35)22-17-31-34(24(22)27(28,29)30)23-12-8-7-9-18(23)2/h4-12,17,20-21H,3,13-16H2,1-2H3,(H,32,35). The van der Waals surface area contributed by atoms with E-state index in [1.165, 1.54) is 6.07 Å². The van der Waals surface area contributed by atoms with Crippen LogP contribution in [0.3, 0.4) is 0 Å². The lowest BCUT2D eigenvalue weighted by atomic mass is 9.93. The van der Waals surface area contributed by atoms with Crippen molar-refractivity contribution in [2.75, 3.05) is 13.1 Å². The van der Waals surface area contributed by atoms with E-state index in [1.807, 2.05) is 37.3 Å². The number of benzene rings is 2. The number of carbonyl (C=O) groups excluding carboxylic acids is 2. The SMILES string of the molecule is CCC(C(=O)N1CCC(NC(=O)c2cnn(-c3ccccc3C)c2C(F)(F)F)CC1)c1ccccc1. The first-order valence-corrected chi connectivity index (χ1v) is 12.1. The van der Waals surface area contributed by atoms with E-state index in [9.17, 15) is 22.8 Å². The third kappa shape index (κ3) is 5.29. The molecule has 2 amide bonds. The number of likely N-dealkylation sites (tertiary alicyclic amines) is 1. The van der Waals surface area contributed by atoms with Crippen LogP contribution in [0.1, 0.15) is 59.3 Å². The summed E-state index contributed by atoms with van der Waals surface area (Å²) in [6.07, 6.45) is -2.20. The van der Waals surface area contributed by atoms with Crippen LogP contribution >= 0.6 is 0 Å². The number of hydrogen-bond donors (Lipinski definition) is 1. The average Bonchev–Trinajstić information content (AvgIpc) is 3.32. The maximum absolute atomic E-state index is 14.0. The van der Waals surface area contributed by atoms with Crippen LogP contribution in [0, 0.1) is 6.92 Å². The largest absolute Gasteiger partial charge is 0.434 e. The van der Waals surface area contributed by atoms with Gasteiger partial charge in [-0.2, -0.15) is 18.3 Å². The van der Waals surface area contributed by atoms with Crippen molar-refractivity contribution in [1.82, 2.24) is 20.0 Å². The zero-order valence-corrected chi connectivity index (χ0v) is 20.3. The second kappa shape index (κ2) is 10.6. The van der Waals surface area contributed by atoms with Crippen molar-refractivity contribution in [3.63, 3.8) is 0 Å². The van der Waals surface area contributed by atoms with Gasteiger partial charge in [0.1, 0.15) is 0 Å². The van der Waals surface area contributed by atoms with Gasteiger partial charge >= 0.3 is 6.18 Å². The first-order valence-electron chi connectivity index (χ1n) is 12.1. The number of hydrogen-bond acceptors (Lipinski definition) is 3. The van der Waals surface area contributed by atoms with E-state index in [0.29, 0.717) is 37.9 Å². The predicted molar refractivity (Wildman–Crippen MR) is 130 cm³/mol. The lowest BCUT2D eigenvalue weighted by molar-refractivity contribution is -0.143. The zero-order chi connectivity index (χ0) is 25.9. The number of halogens is 3. The minimum Gasteiger partial charge on any atom is -0.349 e. The molecule has 1 aliphatic heterocycles. The summed E-state index contributed by atoms with van der Waals surface area (Å²) >= 11 is 0. The van der Waals surface area contributed by atoms with Gasteiger partial charge in [0, 0.05) is 19.1 Å². The predicted octanol–water partition coefficient (Wildman–Crippen LogP) is 5.11. The normalized spacial score (nSPS) is 15.5. The number of alkyl halides is 3. The molecule has 2 aromatic carbocycles. The molecular formula is C27H29F3N4O2. The van der Waals surface area contributed by atoms with Crippen LogP contribution in [0.2, 0.25) is 0 Å². The molecule has 1 aliphatic rings. The molecule has 190 valence electrons. The number of piperidine rings is 1. The maximum Gasteiger partial charge on any atom is 0.434 e. The van der Waals surface area contributed by atoms with Crippen molar-refractivity contribution in [2.24, 2.45) is 0 Å². The van der Waals surface area contributed by atoms with Gasteiger partial charge in [-0.1, -0.05) is 55.5 Å². The van der Waals surface area contributed by atoms with Gasteiger partial charge in [0.05, 0.1) is 23.4 Å². The zero-order valence-electron chi connectivity index (χ0n) is 20.3. The molecule has 1 saturated heterocycles. The average molecular weight is 499 g/mol. The minimum atomic E-state index is -4.77. The molecule has 1 atom stereocenters. The van der Waals surface area contributed by atoms with E-state index >= 15 is 0 Å². The number of nitrogens with zero attached hydrogens (tertiary/aromatic N) is 3. The quantitative estimate of drug-likeness (QED) is 0.513. The summed E-state index contributed by atoms with van der Waals surface area (Å²) in [4.78, 5) is 27.8. The number of aryl methyl sites for hydroxylation is 1. The summed E-state index contributed by atoms with van der Waals surface area (Å²) in [6.45, 7) is 4.52. The van der Waals surface area contributed by atoms with Gasteiger partial charge in [0.2, 0.25) is 5.91 Å². The molecule has 36 heavy (non-hydrogen) atoms. The van der Waals surface area contributed by atoms with Crippen molar-refractivity contribution in [3.8, 4) is 5.69 Å². The first kappa shape index (κ1) is 25.5. The number of aromatic nitrogens is 2. The van der Waals surface area contributed by atoms with Gasteiger partial charge in [-0.25, -0.2) is 4.68 Å². The monoisotopic (exact) mass is 498 g/mol. The highest BCUT2D eigenvalue weighted by Crippen LogP contribution is 2.34. The fourth-order valence-electron chi connectivity index (χ4n) is 4.74. The number of rotatable bonds is 6. The molecule has 3 aromatic rings. The fraction of sp³-hybridized carbons (Fsp3) is 0.370. The lowest BCUT2D eigenvalue weighted by Gasteiger charge is -2.34. The summed E-state index contributed by atoms with van der Waals surface area (Å²) in [6, 6.07) is 15.8. The van der Waals surface area contributed by atoms with Gasteiger partial charge < -0.3 is 10.2 Å². The molecule has 0 bridgehead atoms. The Morgan fingerprint density at radius 1 is 1.06 bits per heavy atom. The van der Waals surface area contributed by atoms with Crippen molar-refractivity contribution in [1.29, 1.82) is 0 Å². The molecule has 6 nitrogen and oxygen atoms in total. The highest BCUT2D eigenvalue weighted by Gasteiger charge is 2.41. The molecule has 0 saturated carbocycles. The molecular weight excluding hydrogens is 469 g/mol. The van der Waals surface area contributed by atoms with Gasteiger partial charge in [0.15, 0.2) is 5.69 Å². The molecule has 0 radical (unpaired) electrons. The van der Waals surface area contributed by atoms with Gasteiger partial charge in [-0.15, -0.1) is 0 Å². The molecule has 9 heteroatoms. The smallest absolute Gasteiger partial charge is 0.349 e. The Kier molecular flexibility index (Phi) is 7.47. The molecule has 0 spiro atoms. The van der Waals surface area contributed by atoms with E-state index in [0.717, 1.165) is 16.4 Å². The Balaban J connectivity index is 1.45. The lowest BCUT2D eigenvalue weighted by Crippen LogP contribution is -2.47. The topological polar surface area (TPSA) is 67.2 Å². The maximum atomic E-state index is 14.0. The summed E-state index contributed by atoms with van der Waals surface area (Å²) in [5.74, 6) is -1.02. The first-order chi connectivity index (χ1) is 17.2. The summed E-state index contributed by atoms with van der Waals surface area (Å²) < 4.78 is 42.8. The van der Waals surface area contributed by atoms with Crippen LogP contribution in [-0.4, -0.2) is 45.6 Å². The second-order valence-electron chi connectivity index (χ2n) is 9.05. The van der Waals surface area contributed by atoms with E-state index < -0.39 is 23.3 Å². The molecule has 1 unspecified atom stereocenters. The van der Waals surface area contributed by atoms with E-state index in [4.69, 9.17) is 0 Å². The molecule has 2 heterocycles. The van der Waals surface area contributed by atoms with Crippen molar-refractivity contribution in [3.05, 3.63) is 83.2 Å². The van der Waals surface area contributed by atoms with E-state index in [-0.39, 0.29) is 23.6 Å². The highest BCUT2D eigenvalue weighted by molar-refractivity contribution is 5.95. The number of amides is 2. The Hall–Kier alpha value is -3.62. The van der Waals surface area contributed by atoms with Crippen molar-refractivity contribution in [2.45, 2.75) is 51.2 Å². The molecule has 4 rings (SSSR count). The molecule has 1 N–H and O–H groups in total. The Bertz CT molecular complexity index is 1220. The number of nitrogens with one attached hydrogen (secondary N) is 1. The van der Waals surface area contributed by atoms with Crippen LogP contribution in [-0.2, 0) is 11.0 Å². The third-order valence-corrected chi connectivity index (χ3v) is 6.68. The summed E-state index contributed by atoms with van der Waals surface area (Å²) in [5.41, 5.74) is 0.219. The number of carbonyl (C=O) groups is 2. The van der Waals surface area contributed by atoms with Crippen LogP contribution in [0.5, 0.6) is 0 Å². The Labute approximate surface area is 208 Å². The third-order valence-electron chi connectivity index (χ3n) is 6.68. The summed E-state index contributed by atoms with van der Waals surface area (Å²) in [5, 5.41) is 6.63. The minimum absolute atomic E-state index is 0.0346. The van der Waals surface area contributed by atoms with Crippen molar-refractivity contribution < 1.29 is 22.8 Å². The molecule has 1 aromatic heterocycles.